The molecule has 2 aromatic heterocycles. The SMILES string of the molecule is c1ccc2c(c1)oc1c(-c3cccc4c5ccccc5c5cccc(-c6cccc7c6oc6ccccc67)c5c34)cccc12. The molecule has 0 aliphatic rings. The number of furan rings is 2. The molecule has 2 heterocycles. The number of rotatable bonds is 2. The van der Waals surface area contributed by atoms with E-state index in [1.54, 1.807) is 0 Å². The second-order valence-electron chi connectivity index (χ2n) is 11.6. The molecule has 0 unspecified atom stereocenters. The van der Waals surface area contributed by atoms with Gasteiger partial charge in [-0.25, -0.2) is 0 Å². The quantitative estimate of drug-likeness (QED) is 0.197. The van der Waals surface area contributed by atoms with Crippen LogP contribution in [0.2, 0.25) is 0 Å². The van der Waals surface area contributed by atoms with Crippen LogP contribution in [0.25, 0.3) is 98.4 Å². The summed E-state index contributed by atoms with van der Waals surface area (Å²) in [5.41, 5.74) is 8.15. The fraction of sp³-hybridized carbons (Fsp3) is 0. The number of para-hydroxylation sites is 4. The van der Waals surface area contributed by atoms with Gasteiger partial charge in [-0.15, -0.1) is 0 Å². The van der Waals surface area contributed by atoms with E-state index in [4.69, 9.17) is 8.83 Å². The number of benzene rings is 8. The Kier molecular flexibility index (Phi) is 4.75. The lowest BCUT2D eigenvalue weighted by Crippen LogP contribution is -1.90. The molecule has 0 aliphatic heterocycles. The standard InChI is InChI=1S/C42H24O2/c1-2-12-26-25(11-1)29-15-7-17-31(35-21-9-19-33-27-13-3-5-23-37(27)43-41(33)35)39(29)40-30(26)16-8-18-32(40)36-22-10-20-34-28-14-4-6-24-38(28)44-42(34)36/h1-24H. The van der Waals surface area contributed by atoms with Crippen LogP contribution in [0, 0.1) is 0 Å². The summed E-state index contributed by atoms with van der Waals surface area (Å²) < 4.78 is 13.2. The molecule has 0 spiro atoms. The van der Waals surface area contributed by atoms with Gasteiger partial charge in [-0.2, -0.15) is 0 Å². The Morgan fingerprint density at radius 1 is 0.250 bits per heavy atom. The topological polar surface area (TPSA) is 26.3 Å². The van der Waals surface area contributed by atoms with Gasteiger partial charge in [-0.05, 0) is 55.6 Å². The highest BCUT2D eigenvalue weighted by atomic mass is 16.3. The minimum atomic E-state index is 0.905. The van der Waals surface area contributed by atoms with Gasteiger partial charge in [0.05, 0.1) is 0 Å². The molecule has 0 fully saturated rings. The average Bonchev–Trinajstić information content (AvgIpc) is 3.66. The maximum absolute atomic E-state index is 6.58. The van der Waals surface area contributed by atoms with Crippen molar-refractivity contribution in [1.29, 1.82) is 0 Å². The molecule has 10 rings (SSSR count). The van der Waals surface area contributed by atoms with Crippen molar-refractivity contribution in [1.82, 2.24) is 0 Å². The van der Waals surface area contributed by atoms with Crippen LogP contribution in [0.4, 0.5) is 0 Å². The van der Waals surface area contributed by atoms with Gasteiger partial charge in [0.15, 0.2) is 0 Å². The third-order valence-corrected chi connectivity index (χ3v) is 9.28. The Balaban J connectivity index is 1.41. The molecule has 0 aliphatic carbocycles. The second-order valence-corrected chi connectivity index (χ2v) is 11.6. The summed E-state index contributed by atoms with van der Waals surface area (Å²) in [5.74, 6) is 0. The third kappa shape index (κ3) is 3.14. The third-order valence-electron chi connectivity index (χ3n) is 9.28. The van der Waals surface area contributed by atoms with Crippen LogP contribution < -0.4 is 0 Å². The van der Waals surface area contributed by atoms with Crippen LogP contribution >= 0.6 is 0 Å². The van der Waals surface area contributed by atoms with Crippen molar-refractivity contribution in [3.05, 3.63) is 146 Å². The van der Waals surface area contributed by atoms with Gasteiger partial charge in [0.1, 0.15) is 22.3 Å². The van der Waals surface area contributed by atoms with Crippen molar-refractivity contribution in [2.45, 2.75) is 0 Å². The molecule has 0 saturated heterocycles. The van der Waals surface area contributed by atoms with Crippen molar-refractivity contribution in [3.8, 4) is 22.3 Å². The molecular formula is C42H24O2. The lowest BCUT2D eigenvalue weighted by atomic mass is 9.85. The van der Waals surface area contributed by atoms with E-state index < -0.39 is 0 Å². The van der Waals surface area contributed by atoms with E-state index in [2.05, 4.69) is 133 Å². The zero-order valence-corrected chi connectivity index (χ0v) is 23.7. The largest absolute Gasteiger partial charge is 0.455 e. The van der Waals surface area contributed by atoms with E-state index in [1.165, 1.54) is 32.3 Å². The molecule has 204 valence electrons. The normalized spacial score (nSPS) is 12.1. The molecule has 0 N–H and O–H groups in total. The Morgan fingerprint density at radius 2 is 0.591 bits per heavy atom. The minimum Gasteiger partial charge on any atom is -0.455 e. The van der Waals surface area contributed by atoms with E-state index in [-0.39, 0.29) is 0 Å². The zero-order valence-electron chi connectivity index (χ0n) is 23.7. The summed E-state index contributed by atoms with van der Waals surface area (Å²) in [6.45, 7) is 0. The fourth-order valence-corrected chi connectivity index (χ4v) is 7.41. The van der Waals surface area contributed by atoms with Crippen molar-refractivity contribution < 1.29 is 8.83 Å². The summed E-state index contributed by atoms with van der Waals surface area (Å²) in [5, 5.41) is 11.9. The van der Waals surface area contributed by atoms with Gasteiger partial charge >= 0.3 is 0 Å². The summed E-state index contributed by atoms with van der Waals surface area (Å²) in [4.78, 5) is 0. The first-order chi connectivity index (χ1) is 21.8. The molecule has 0 saturated carbocycles. The van der Waals surface area contributed by atoms with Gasteiger partial charge in [-0.1, -0.05) is 133 Å². The van der Waals surface area contributed by atoms with E-state index in [9.17, 15) is 0 Å². The summed E-state index contributed by atoms with van der Waals surface area (Å²) >= 11 is 0. The molecule has 0 radical (unpaired) electrons. The number of hydrogen-bond donors (Lipinski definition) is 0. The van der Waals surface area contributed by atoms with Crippen LogP contribution in [0.3, 0.4) is 0 Å². The first kappa shape index (κ1) is 23.7. The molecule has 44 heavy (non-hydrogen) atoms. The van der Waals surface area contributed by atoms with E-state index >= 15 is 0 Å². The highest BCUT2D eigenvalue weighted by molar-refractivity contribution is 6.32. The Hall–Kier alpha value is -5.86. The Labute approximate surface area is 252 Å². The summed E-state index contributed by atoms with van der Waals surface area (Å²) in [6.07, 6.45) is 0. The van der Waals surface area contributed by atoms with Gasteiger partial charge in [0, 0.05) is 32.7 Å². The summed E-state index contributed by atoms with van der Waals surface area (Å²) in [7, 11) is 0. The first-order valence-corrected chi connectivity index (χ1v) is 15.0. The van der Waals surface area contributed by atoms with Crippen LogP contribution in [0.1, 0.15) is 0 Å². The van der Waals surface area contributed by atoms with Gasteiger partial charge in [0.25, 0.3) is 0 Å². The fourth-order valence-electron chi connectivity index (χ4n) is 7.41. The van der Waals surface area contributed by atoms with Crippen molar-refractivity contribution in [3.63, 3.8) is 0 Å². The Morgan fingerprint density at radius 3 is 1.05 bits per heavy atom. The first-order valence-electron chi connectivity index (χ1n) is 15.0. The predicted molar refractivity (Wildman–Crippen MR) is 184 cm³/mol. The molecule has 0 atom stereocenters. The van der Waals surface area contributed by atoms with Crippen molar-refractivity contribution in [2.24, 2.45) is 0 Å². The van der Waals surface area contributed by atoms with Crippen LogP contribution in [-0.2, 0) is 0 Å². The highest BCUT2D eigenvalue weighted by Gasteiger charge is 2.21. The smallest absolute Gasteiger partial charge is 0.143 e. The zero-order chi connectivity index (χ0) is 28.8. The second kappa shape index (κ2) is 8.82. The molecule has 0 bridgehead atoms. The van der Waals surface area contributed by atoms with E-state index in [1.807, 2.05) is 12.1 Å². The molecular weight excluding hydrogens is 536 g/mol. The molecule has 2 heteroatoms. The van der Waals surface area contributed by atoms with Crippen LogP contribution in [0.5, 0.6) is 0 Å². The minimum absolute atomic E-state index is 0.905. The van der Waals surface area contributed by atoms with E-state index in [0.717, 1.165) is 66.1 Å². The molecule has 2 nitrogen and oxygen atoms in total. The van der Waals surface area contributed by atoms with Crippen LogP contribution in [0.15, 0.2) is 154 Å². The monoisotopic (exact) mass is 560 g/mol. The Bertz CT molecular complexity index is 2580. The lowest BCUT2D eigenvalue weighted by Gasteiger charge is -2.17. The predicted octanol–water partition coefficient (Wildman–Crippen LogP) is 12.3. The lowest BCUT2D eigenvalue weighted by molar-refractivity contribution is 0.669. The highest BCUT2D eigenvalue weighted by Crippen LogP contribution is 2.47. The molecule has 0 amide bonds. The average molecular weight is 561 g/mol. The molecule has 10 aromatic rings. The van der Waals surface area contributed by atoms with Gasteiger partial charge < -0.3 is 8.83 Å². The van der Waals surface area contributed by atoms with E-state index in [0.29, 0.717) is 0 Å². The van der Waals surface area contributed by atoms with Gasteiger partial charge in [-0.3, -0.25) is 0 Å². The van der Waals surface area contributed by atoms with Gasteiger partial charge in [0.2, 0.25) is 0 Å². The number of fused-ring (bicyclic) bond motifs is 12. The van der Waals surface area contributed by atoms with Crippen molar-refractivity contribution in [2.75, 3.05) is 0 Å². The number of hydrogen-bond acceptors (Lipinski definition) is 2. The van der Waals surface area contributed by atoms with Crippen molar-refractivity contribution >= 4 is 76.2 Å². The summed E-state index contributed by atoms with van der Waals surface area (Å²) in [6, 6.07) is 51.8. The van der Waals surface area contributed by atoms with Crippen LogP contribution in [-0.4, -0.2) is 0 Å². The maximum atomic E-state index is 6.58. The maximum Gasteiger partial charge on any atom is 0.143 e. The molecule has 8 aromatic carbocycles.